The van der Waals surface area contributed by atoms with E-state index in [4.69, 9.17) is 4.74 Å². The van der Waals surface area contributed by atoms with Gasteiger partial charge in [0.2, 0.25) is 0 Å². The molecule has 26 heavy (non-hydrogen) atoms. The third-order valence-electron chi connectivity index (χ3n) is 5.21. The predicted molar refractivity (Wildman–Crippen MR) is 103 cm³/mol. The molecule has 3 heterocycles. The number of aromatic nitrogens is 2. The van der Waals surface area contributed by atoms with E-state index in [-0.39, 0.29) is 5.56 Å². The van der Waals surface area contributed by atoms with Gasteiger partial charge in [-0.25, -0.2) is 0 Å². The number of piperidine rings is 1. The zero-order valence-electron chi connectivity index (χ0n) is 14.9. The summed E-state index contributed by atoms with van der Waals surface area (Å²) in [6.07, 6.45) is 3.92. The van der Waals surface area contributed by atoms with E-state index in [1.807, 2.05) is 36.5 Å². The maximum absolute atomic E-state index is 12.4. The molecule has 1 aliphatic heterocycles. The molecule has 5 heteroatoms. The molecule has 5 nitrogen and oxygen atoms in total. The highest BCUT2D eigenvalue weighted by molar-refractivity contribution is 5.83. The number of hydrogen-bond acceptors (Lipinski definition) is 4. The maximum atomic E-state index is 12.4. The number of benzene rings is 1. The molecule has 2 aromatic heterocycles. The number of nitrogens with one attached hydrogen (secondary N) is 1. The van der Waals surface area contributed by atoms with Crippen LogP contribution >= 0.6 is 0 Å². The maximum Gasteiger partial charge on any atom is 0.256 e. The molecule has 0 unspecified atom stereocenters. The standard InChI is InChI=1S/C21H23N3O2/c1-26-18-5-6-19-16(12-18)13-20(23-21(19)25)15-7-10-24(11-8-15)14-17-4-2-3-9-22-17/h2-6,9,12-13,15H,7-8,10-11,14H2,1H3,(H,23,25). The molecular weight excluding hydrogens is 326 g/mol. The molecule has 0 atom stereocenters. The van der Waals surface area contributed by atoms with Gasteiger partial charge in [0.1, 0.15) is 5.75 Å². The second kappa shape index (κ2) is 7.30. The van der Waals surface area contributed by atoms with Gasteiger partial charge in [-0.05, 0) is 67.7 Å². The topological polar surface area (TPSA) is 58.2 Å². The van der Waals surface area contributed by atoms with E-state index in [9.17, 15) is 4.79 Å². The van der Waals surface area contributed by atoms with Gasteiger partial charge in [-0.1, -0.05) is 6.07 Å². The largest absolute Gasteiger partial charge is 0.497 e. The lowest BCUT2D eigenvalue weighted by atomic mass is 9.92. The monoisotopic (exact) mass is 349 g/mol. The molecule has 0 saturated carbocycles. The number of rotatable bonds is 4. The summed E-state index contributed by atoms with van der Waals surface area (Å²) in [7, 11) is 1.65. The van der Waals surface area contributed by atoms with E-state index in [1.165, 1.54) is 0 Å². The first-order chi connectivity index (χ1) is 12.7. The molecule has 1 fully saturated rings. The highest BCUT2D eigenvalue weighted by Gasteiger charge is 2.22. The fraction of sp³-hybridized carbons (Fsp3) is 0.333. The van der Waals surface area contributed by atoms with Crippen molar-refractivity contribution in [3.05, 3.63) is 70.4 Å². The van der Waals surface area contributed by atoms with Crippen LogP contribution in [0.1, 0.15) is 30.1 Å². The molecule has 1 aromatic carbocycles. The molecule has 0 amide bonds. The van der Waals surface area contributed by atoms with Gasteiger partial charge >= 0.3 is 0 Å². The van der Waals surface area contributed by atoms with Crippen molar-refractivity contribution in [3.8, 4) is 5.75 Å². The second-order valence-corrected chi connectivity index (χ2v) is 6.88. The molecular formula is C21H23N3O2. The van der Waals surface area contributed by atoms with Crippen molar-refractivity contribution >= 4 is 10.8 Å². The highest BCUT2D eigenvalue weighted by Crippen LogP contribution is 2.29. The van der Waals surface area contributed by atoms with Crippen LogP contribution in [0.3, 0.4) is 0 Å². The number of H-pyrrole nitrogens is 1. The number of likely N-dealkylation sites (tertiary alicyclic amines) is 1. The van der Waals surface area contributed by atoms with Crippen LogP contribution in [0, 0.1) is 0 Å². The molecule has 0 radical (unpaired) electrons. The van der Waals surface area contributed by atoms with E-state index in [0.717, 1.165) is 55.0 Å². The molecule has 1 N–H and O–H groups in total. The normalized spacial score (nSPS) is 16.0. The summed E-state index contributed by atoms with van der Waals surface area (Å²) < 4.78 is 5.29. The van der Waals surface area contributed by atoms with E-state index < -0.39 is 0 Å². The van der Waals surface area contributed by atoms with Crippen molar-refractivity contribution in [3.63, 3.8) is 0 Å². The van der Waals surface area contributed by atoms with Crippen molar-refractivity contribution in [1.29, 1.82) is 0 Å². The van der Waals surface area contributed by atoms with Gasteiger partial charge < -0.3 is 9.72 Å². The van der Waals surface area contributed by atoms with E-state index in [0.29, 0.717) is 11.3 Å². The summed E-state index contributed by atoms with van der Waals surface area (Å²) in [5.74, 6) is 1.16. The summed E-state index contributed by atoms with van der Waals surface area (Å²) in [5, 5.41) is 1.65. The Hall–Kier alpha value is -2.66. The summed E-state index contributed by atoms with van der Waals surface area (Å²) in [4.78, 5) is 22.4. The first-order valence-electron chi connectivity index (χ1n) is 9.06. The van der Waals surface area contributed by atoms with Gasteiger partial charge in [0.05, 0.1) is 12.8 Å². The number of nitrogens with zero attached hydrogens (tertiary/aromatic N) is 2. The minimum atomic E-state index is -0.0175. The number of fused-ring (bicyclic) bond motifs is 1. The number of aromatic amines is 1. The predicted octanol–water partition coefficient (Wildman–Crippen LogP) is 3.31. The zero-order chi connectivity index (χ0) is 17.9. The summed E-state index contributed by atoms with van der Waals surface area (Å²) in [6, 6.07) is 13.7. The van der Waals surface area contributed by atoms with Gasteiger partial charge in [-0.3, -0.25) is 14.7 Å². The quantitative estimate of drug-likeness (QED) is 0.785. The van der Waals surface area contributed by atoms with Crippen LogP contribution in [0.2, 0.25) is 0 Å². The fourth-order valence-electron chi connectivity index (χ4n) is 3.74. The molecule has 4 rings (SSSR count). The van der Waals surface area contributed by atoms with E-state index >= 15 is 0 Å². The Morgan fingerprint density at radius 2 is 2.04 bits per heavy atom. The average Bonchev–Trinajstić information content (AvgIpc) is 2.69. The summed E-state index contributed by atoms with van der Waals surface area (Å²) in [6.45, 7) is 2.91. The highest BCUT2D eigenvalue weighted by atomic mass is 16.5. The Kier molecular flexibility index (Phi) is 4.71. The lowest BCUT2D eigenvalue weighted by molar-refractivity contribution is 0.201. The molecule has 1 saturated heterocycles. The van der Waals surface area contributed by atoms with Gasteiger partial charge in [0.25, 0.3) is 5.56 Å². The van der Waals surface area contributed by atoms with Crippen molar-refractivity contribution in [2.24, 2.45) is 0 Å². The van der Waals surface area contributed by atoms with Gasteiger partial charge in [0, 0.05) is 29.7 Å². The zero-order valence-corrected chi connectivity index (χ0v) is 14.9. The minimum absolute atomic E-state index is 0.0175. The Labute approximate surface area is 152 Å². The van der Waals surface area contributed by atoms with E-state index in [2.05, 4.69) is 27.0 Å². The van der Waals surface area contributed by atoms with Gasteiger partial charge in [-0.2, -0.15) is 0 Å². The number of methoxy groups -OCH3 is 1. The Morgan fingerprint density at radius 3 is 2.77 bits per heavy atom. The molecule has 134 valence electrons. The summed E-state index contributed by atoms with van der Waals surface area (Å²) in [5.41, 5.74) is 2.13. The third-order valence-corrected chi connectivity index (χ3v) is 5.21. The van der Waals surface area contributed by atoms with Crippen LogP contribution in [0.25, 0.3) is 10.8 Å². The van der Waals surface area contributed by atoms with Crippen LogP contribution in [0.5, 0.6) is 5.75 Å². The lowest BCUT2D eigenvalue weighted by Gasteiger charge is -2.31. The van der Waals surface area contributed by atoms with Gasteiger partial charge in [-0.15, -0.1) is 0 Å². The third kappa shape index (κ3) is 3.48. The number of hydrogen-bond donors (Lipinski definition) is 1. The second-order valence-electron chi connectivity index (χ2n) is 6.88. The van der Waals surface area contributed by atoms with Crippen LogP contribution in [-0.4, -0.2) is 35.1 Å². The van der Waals surface area contributed by atoms with E-state index in [1.54, 1.807) is 7.11 Å². The molecule has 0 bridgehead atoms. The number of pyridine rings is 2. The van der Waals surface area contributed by atoms with Crippen molar-refractivity contribution in [2.45, 2.75) is 25.3 Å². The Balaban J connectivity index is 1.49. The first-order valence-corrected chi connectivity index (χ1v) is 9.06. The first kappa shape index (κ1) is 16.8. The van der Waals surface area contributed by atoms with Crippen LogP contribution < -0.4 is 10.3 Å². The molecule has 3 aromatic rings. The molecule has 0 aliphatic carbocycles. The van der Waals surface area contributed by atoms with Crippen molar-refractivity contribution in [2.75, 3.05) is 20.2 Å². The van der Waals surface area contributed by atoms with Crippen molar-refractivity contribution < 1.29 is 4.74 Å². The van der Waals surface area contributed by atoms with Crippen molar-refractivity contribution in [1.82, 2.24) is 14.9 Å². The molecule has 0 spiro atoms. The van der Waals surface area contributed by atoms with Crippen LogP contribution in [-0.2, 0) is 6.54 Å². The summed E-state index contributed by atoms with van der Waals surface area (Å²) >= 11 is 0. The van der Waals surface area contributed by atoms with Gasteiger partial charge in [0.15, 0.2) is 0 Å². The van der Waals surface area contributed by atoms with Crippen LogP contribution in [0.4, 0.5) is 0 Å². The fourth-order valence-corrected chi connectivity index (χ4v) is 3.74. The minimum Gasteiger partial charge on any atom is -0.497 e. The molecule has 1 aliphatic rings. The Bertz CT molecular complexity index is 944. The number of ether oxygens (including phenoxy) is 1. The SMILES string of the molecule is COc1ccc2c(=O)[nH]c(C3CCN(Cc4ccccn4)CC3)cc2c1. The Morgan fingerprint density at radius 1 is 1.19 bits per heavy atom. The van der Waals surface area contributed by atoms with Crippen LogP contribution in [0.15, 0.2) is 53.5 Å². The average molecular weight is 349 g/mol. The lowest BCUT2D eigenvalue weighted by Crippen LogP contribution is -2.33. The smallest absolute Gasteiger partial charge is 0.256 e.